The Kier molecular flexibility index (Phi) is 5.53. The molecule has 0 bridgehead atoms. The van der Waals surface area contributed by atoms with Gasteiger partial charge in [0.1, 0.15) is 6.04 Å². The van der Waals surface area contributed by atoms with E-state index < -0.39 is 6.04 Å². The normalized spacial score (nSPS) is 12.1. The first-order valence-corrected chi connectivity index (χ1v) is 5.41. The SMILES string of the molecule is CCOCCNC(=O)[C@@H](N)c1ccccc1. The Bertz CT molecular complexity index is 314. The van der Waals surface area contributed by atoms with Gasteiger partial charge in [-0.3, -0.25) is 4.79 Å². The maximum absolute atomic E-state index is 11.6. The molecule has 0 aliphatic carbocycles. The average molecular weight is 222 g/mol. The Morgan fingerprint density at radius 2 is 2.12 bits per heavy atom. The molecule has 0 heterocycles. The van der Waals surface area contributed by atoms with Crippen LogP contribution in [0, 0.1) is 0 Å². The molecule has 1 rings (SSSR count). The molecule has 0 spiro atoms. The van der Waals surface area contributed by atoms with Crippen LogP contribution in [0.3, 0.4) is 0 Å². The first-order chi connectivity index (χ1) is 7.75. The van der Waals surface area contributed by atoms with Crippen molar-refractivity contribution in [2.24, 2.45) is 5.73 Å². The minimum absolute atomic E-state index is 0.175. The van der Waals surface area contributed by atoms with E-state index in [1.54, 1.807) is 0 Å². The van der Waals surface area contributed by atoms with Gasteiger partial charge in [-0.05, 0) is 12.5 Å². The van der Waals surface area contributed by atoms with Crippen LogP contribution in [-0.2, 0) is 9.53 Å². The summed E-state index contributed by atoms with van der Waals surface area (Å²) in [5.74, 6) is -0.175. The minimum atomic E-state index is -0.608. The number of rotatable bonds is 6. The van der Waals surface area contributed by atoms with Crippen molar-refractivity contribution < 1.29 is 9.53 Å². The fourth-order valence-electron chi connectivity index (χ4n) is 1.31. The third-order valence-corrected chi connectivity index (χ3v) is 2.19. The second-order valence-electron chi connectivity index (χ2n) is 3.38. The summed E-state index contributed by atoms with van der Waals surface area (Å²) < 4.78 is 5.11. The predicted molar refractivity (Wildman–Crippen MR) is 62.9 cm³/mol. The molecule has 1 amide bonds. The average Bonchev–Trinajstić information content (AvgIpc) is 2.34. The second kappa shape index (κ2) is 6.98. The van der Waals surface area contributed by atoms with Gasteiger partial charge in [0.2, 0.25) is 5.91 Å². The van der Waals surface area contributed by atoms with E-state index in [4.69, 9.17) is 10.5 Å². The van der Waals surface area contributed by atoms with E-state index in [2.05, 4.69) is 5.32 Å². The van der Waals surface area contributed by atoms with Gasteiger partial charge in [0.05, 0.1) is 6.61 Å². The zero-order valence-corrected chi connectivity index (χ0v) is 9.48. The summed E-state index contributed by atoms with van der Waals surface area (Å²) in [6.45, 7) is 3.58. The molecule has 1 atom stereocenters. The van der Waals surface area contributed by atoms with E-state index in [0.717, 1.165) is 5.56 Å². The van der Waals surface area contributed by atoms with Crippen molar-refractivity contribution in [3.8, 4) is 0 Å². The lowest BCUT2D eigenvalue weighted by molar-refractivity contribution is -0.122. The zero-order chi connectivity index (χ0) is 11.8. The maximum Gasteiger partial charge on any atom is 0.241 e. The van der Waals surface area contributed by atoms with Gasteiger partial charge in [0.15, 0.2) is 0 Å². The molecule has 0 aliphatic rings. The summed E-state index contributed by atoms with van der Waals surface area (Å²) in [5.41, 5.74) is 6.62. The van der Waals surface area contributed by atoms with Gasteiger partial charge < -0.3 is 15.8 Å². The molecule has 88 valence electrons. The third kappa shape index (κ3) is 4.00. The van der Waals surface area contributed by atoms with Crippen LogP contribution >= 0.6 is 0 Å². The fourth-order valence-corrected chi connectivity index (χ4v) is 1.31. The van der Waals surface area contributed by atoms with Gasteiger partial charge >= 0.3 is 0 Å². The molecule has 0 aliphatic heterocycles. The summed E-state index contributed by atoms with van der Waals surface area (Å²) in [7, 11) is 0. The van der Waals surface area contributed by atoms with Gasteiger partial charge in [-0.25, -0.2) is 0 Å². The molecular formula is C12H18N2O2. The number of hydrogen-bond donors (Lipinski definition) is 2. The van der Waals surface area contributed by atoms with Gasteiger partial charge in [-0.2, -0.15) is 0 Å². The van der Waals surface area contributed by atoms with Crippen LogP contribution in [0.4, 0.5) is 0 Å². The number of ether oxygens (including phenoxy) is 1. The molecule has 16 heavy (non-hydrogen) atoms. The van der Waals surface area contributed by atoms with Crippen LogP contribution in [0.2, 0.25) is 0 Å². The van der Waals surface area contributed by atoms with Gasteiger partial charge in [0.25, 0.3) is 0 Å². The largest absolute Gasteiger partial charge is 0.380 e. The minimum Gasteiger partial charge on any atom is -0.380 e. The van der Waals surface area contributed by atoms with E-state index in [0.29, 0.717) is 19.8 Å². The molecule has 1 aromatic carbocycles. The zero-order valence-electron chi connectivity index (χ0n) is 9.48. The molecule has 3 N–H and O–H groups in total. The van der Waals surface area contributed by atoms with E-state index in [9.17, 15) is 4.79 Å². The van der Waals surface area contributed by atoms with Crippen molar-refractivity contribution in [1.82, 2.24) is 5.32 Å². The molecular weight excluding hydrogens is 204 g/mol. The first-order valence-electron chi connectivity index (χ1n) is 5.41. The predicted octanol–water partition coefficient (Wildman–Crippen LogP) is 0.839. The van der Waals surface area contributed by atoms with Gasteiger partial charge in [-0.15, -0.1) is 0 Å². The molecule has 1 aromatic rings. The maximum atomic E-state index is 11.6. The quantitative estimate of drug-likeness (QED) is 0.701. The monoisotopic (exact) mass is 222 g/mol. The third-order valence-electron chi connectivity index (χ3n) is 2.19. The molecule has 0 radical (unpaired) electrons. The Balaban J connectivity index is 2.37. The highest BCUT2D eigenvalue weighted by Crippen LogP contribution is 2.08. The van der Waals surface area contributed by atoms with Crippen LogP contribution in [0.1, 0.15) is 18.5 Å². The number of hydrogen-bond acceptors (Lipinski definition) is 3. The summed E-state index contributed by atoms with van der Waals surface area (Å²) in [6.07, 6.45) is 0. The number of nitrogens with one attached hydrogen (secondary N) is 1. The number of nitrogens with two attached hydrogens (primary N) is 1. The van der Waals surface area contributed by atoms with Crippen LogP contribution in [0.25, 0.3) is 0 Å². The van der Waals surface area contributed by atoms with Crippen molar-refractivity contribution in [3.63, 3.8) is 0 Å². The molecule has 0 saturated heterocycles. The molecule has 0 fully saturated rings. The molecule has 0 saturated carbocycles. The Hall–Kier alpha value is -1.39. The van der Waals surface area contributed by atoms with Crippen molar-refractivity contribution in [3.05, 3.63) is 35.9 Å². The van der Waals surface area contributed by atoms with E-state index in [-0.39, 0.29) is 5.91 Å². The second-order valence-corrected chi connectivity index (χ2v) is 3.38. The van der Waals surface area contributed by atoms with Crippen LogP contribution < -0.4 is 11.1 Å². The Labute approximate surface area is 95.8 Å². The summed E-state index contributed by atoms with van der Waals surface area (Å²) in [6, 6.07) is 8.69. The Morgan fingerprint density at radius 3 is 2.75 bits per heavy atom. The molecule has 0 unspecified atom stereocenters. The smallest absolute Gasteiger partial charge is 0.241 e. The van der Waals surface area contributed by atoms with E-state index >= 15 is 0 Å². The molecule has 4 nitrogen and oxygen atoms in total. The van der Waals surface area contributed by atoms with Crippen LogP contribution in [0.5, 0.6) is 0 Å². The van der Waals surface area contributed by atoms with E-state index in [1.165, 1.54) is 0 Å². The standard InChI is InChI=1S/C12H18N2O2/c1-2-16-9-8-14-12(15)11(13)10-6-4-3-5-7-10/h3-7,11H,2,8-9,13H2,1H3,(H,14,15)/t11-/m0/s1. The molecule has 0 aromatic heterocycles. The van der Waals surface area contributed by atoms with Crippen molar-refractivity contribution in [2.75, 3.05) is 19.8 Å². The van der Waals surface area contributed by atoms with Crippen molar-refractivity contribution >= 4 is 5.91 Å². The van der Waals surface area contributed by atoms with Gasteiger partial charge in [-0.1, -0.05) is 30.3 Å². The first kappa shape index (κ1) is 12.7. The highest BCUT2D eigenvalue weighted by molar-refractivity contribution is 5.82. The molecule has 4 heteroatoms. The lowest BCUT2D eigenvalue weighted by Crippen LogP contribution is -2.35. The van der Waals surface area contributed by atoms with Crippen LogP contribution in [-0.4, -0.2) is 25.7 Å². The fraction of sp³-hybridized carbons (Fsp3) is 0.417. The number of carbonyl (C=O) groups is 1. The van der Waals surface area contributed by atoms with E-state index in [1.807, 2.05) is 37.3 Å². The topological polar surface area (TPSA) is 64.3 Å². The van der Waals surface area contributed by atoms with Crippen molar-refractivity contribution in [2.45, 2.75) is 13.0 Å². The lowest BCUT2D eigenvalue weighted by atomic mass is 10.1. The highest BCUT2D eigenvalue weighted by Gasteiger charge is 2.14. The van der Waals surface area contributed by atoms with Gasteiger partial charge in [0, 0.05) is 13.2 Å². The summed E-state index contributed by atoms with van der Waals surface area (Å²) in [4.78, 5) is 11.6. The summed E-state index contributed by atoms with van der Waals surface area (Å²) >= 11 is 0. The Morgan fingerprint density at radius 1 is 1.44 bits per heavy atom. The summed E-state index contributed by atoms with van der Waals surface area (Å²) in [5, 5.41) is 2.73. The lowest BCUT2D eigenvalue weighted by Gasteiger charge is -2.12. The van der Waals surface area contributed by atoms with Crippen molar-refractivity contribution in [1.29, 1.82) is 0 Å². The van der Waals surface area contributed by atoms with Crippen LogP contribution in [0.15, 0.2) is 30.3 Å². The number of carbonyl (C=O) groups excluding carboxylic acids is 1. The number of amides is 1. The highest BCUT2D eigenvalue weighted by atomic mass is 16.5. The number of benzene rings is 1.